The van der Waals surface area contributed by atoms with Gasteiger partial charge >= 0.3 is 11.7 Å². The number of ether oxygens (including phenoxy) is 2. The van der Waals surface area contributed by atoms with Crippen LogP contribution >= 0.6 is 0 Å². The minimum absolute atomic E-state index is 0.139. The summed E-state index contributed by atoms with van der Waals surface area (Å²) in [6.45, 7) is 1.56. The van der Waals surface area contributed by atoms with Crippen LogP contribution in [0.15, 0.2) is 40.1 Å². The molecule has 30 heavy (non-hydrogen) atoms. The maximum Gasteiger partial charge on any atom is 0.338 e. The minimum Gasteiger partial charge on any atom is -0.456 e. The molecule has 2 heterocycles. The van der Waals surface area contributed by atoms with Crippen molar-refractivity contribution in [3.63, 3.8) is 0 Å². The summed E-state index contributed by atoms with van der Waals surface area (Å²) in [6.07, 6.45) is -0.948. The van der Waals surface area contributed by atoms with Gasteiger partial charge in [-0.1, -0.05) is 0 Å². The predicted octanol–water partition coefficient (Wildman–Crippen LogP) is 0.647. The lowest BCUT2D eigenvalue weighted by atomic mass is 10.0. The van der Waals surface area contributed by atoms with Gasteiger partial charge in [0, 0.05) is 42.7 Å². The fraction of sp³-hybridized carbons (Fsp3) is 0.421. The quantitative estimate of drug-likeness (QED) is 0.417. The summed E-state index contributed by atoms with van der Waals surface area (Å²) in [6, 6.07) is 5.00. The standard InChI is InChI=1S/C19H19N3O8/c1-9-8-21(19(26)20-17(9)24)15-6-12-13(23)7-14(16(12)30-15)29-18(25)10-2-4-11(5-3-10)22(27)28/h2-5,8,12-16,23H,6-7H2,1H3,(H,20,24,26)/t12-,13+,14+,15-,16-/m0/s1. The smallest absolute Gasteiger partial charge is 0.338 e. The molecule has 2 fully saturated rings. The van der Waals surface area contributed by atoms with Gasteiger partial charge in [0.25, 0.3) is 11.2 Å². The number of aliphatic hydroxyl groups is 1. The van der Waals surface area contributed by atoms with E-state index in [0.717, 1.165) is 0 Å². The molecule has 0 bridgehead atoms. The Balaban J connectivity index is 1.50. The number of hydrogen-bond acceptors (Lipinski definition) is 8. The van der Waals surface area contributed by atoms with Crippen LogP contribution in [0, 0.1) is 23.0 Å². The number of nitrogens with zero attached hydrogens (tertiary/aromatic N) is 2. The Morgan fingerprint density at radius 1 is 1.30 bits per heavy atom. The molecular formula is C19H19N3O8. The molecule has 2 aliphatic rings. The molecule has 0 amide bonds. The van der Waals surface area contributed by atoms with Crippen LogP contribution < -0.4 is 11.2 Å². The van der Waals surface area contributed by atoms with E-state index < -0.39 is 46.7 Å². The van der Waals surface area contributed by atoms with E-state index in [4.69, 9.17) is 9.47 Å². The lowest BCUT2D eigenvalue weighted by molar-refractivity contribution is -0.384. The molecule has 2 aromatic rings. The van der Waals surface area contributed by atoms with E-state index in [1.54, 1.807) is 6.92 Å². The normalized spacial score (nSPS) is 27.6. The number of aryl methyl sites for hydroxylation is 1. The molecule has 11 nitrogen and oxygen atoms in total. The Morgan fingerprint density at radius 3 is 2.67 bits per heavy atom. The number of aliphatic hydroxyl groups excluding tert-OH is 1. The summed E-state index contributed by atoms with van der Waals surface area (Å²) in [4.78, 5) is 48.5. The molecule has 0 radical (unpaired) electrons. The number of nitro groups is 1. The van der Waals surface area contributed by atoms with Crippen LogP contribution in [-0.4, -0.2) is 43.9 Å². The summed E-state index contributed by atoms with van der Waals surface area (Å²) in [5.74, 6) is -1.03. The molecular weight excluding hydrogens is 398 g/mol. The van der Waals surface area contributed by atoms with E-state index in [9.17, 15) is 29.6 Å². The second-order valence-corrected chi connectivity index (χ2v) is 7.48. The van der Waals surface area contributed by atoms with Crippen LogP contribution in [0.2, 0.25) is 0 Å². The second-order valence-electron chi connectivity index (χ2n) is 7.48. The molecule has 158 valence electrons. The first-order chi connectivity index (χ1) is 14.2. The van der Waals surface area contributed by atoms with E-state index in [1.165, 1.54) is 35.0 Å². The van der Waals surface area contributed by atoms with E-state index in [1.807, 2.05) is 0 Å². The highest BCUT2D eigenvalue weighted by Crippen LogP contribution is 2.44. The van der Waals surface area contributed by atoms with Crippen LogP contribution in [-0.2, 0) is 9.47 Å². The van der Waals surface area contributed by atoms with Gasteiger partial charge in [-0.15, -0.1) is 0 Å². The number of fused-ring (bicyclic) bond motifs is 1. The van der Waals surface area contributed by atoms with Crippen molar-refractivity contribution in [1.29, 1.82) is 0 Å². The number of aromatic amines is 1. The Kier molecular flexibility index (Phi) is 5.00. The molecule has 1 aromatic heterocycles. The second kappa shape index (κ2) is 7.50. The van der Waals surface area contributed by atoms with Gasteiger partial charge in [0.1, 0.15) is 18.4 Å². The number of H-pyrrole nitrogens is 1. The summed E-state index contributed by atoms with van der Waals surface area (Å²) in [7, 11) is 0. The number of rotatable bonds is 4. The average molecular weight is 417 g/mol. The fourth-order valence-corrected chi connectivity index (χ4v) is 4.01. The van der Waals surface area contributed by atoms with Crippen LogP contribution in [0.4, 0.5) is 5.69 Å². The van der Waals surface area contributed by atoms with Crippen LogP contribution in [0.25, 0.3) is 0 Å². The van der Waals surface area contributed by atoms with Gasteiger partial charge < -0.3 is 14.6 Å². The van der Waals surface area contributed by atoms with Crippen LogP contribution in [0.1, 0.15) is 35.0 Å². The number of carbonyl (C=O) groups excluding carboxylic acids is 1. The molecule has 0 spiro atoms. The first-order valence-electron chi connectivity index (χ1n) is 9.35. The van der Waals surface area contributed by atoms with Gasteiger partial charge in [0.2, 0.25) is 0 Å². The first kappa shape index (κ1) is 20.0. The molecule has 1 saturated heterocycles. The van der Waals surface area contributed by atoms with Gasteiger partial charge in [-0.2, -0.15) is 0 Å². The molecule has 1 saturated carbocycles. The zero-order valence-electron chi connectivity index (χ0n) is 15.9. The Hall–Kier alpha value is -3.31. The number of nitro benzene ring substituents is 1. The number of nitrogens with one attached hydrogen (secondary N) is 1. The Morgan fingerprint density at radius 2 is 2.00 bits per heavy atom. The number of aromatic nitrogens is 2. The van der Waals surface area contributed by atoms with Crippen molar-refractivity contribution < 1.29 is 24.3 Å². The maximum absolute atomic E-state index is 12.4. The van der Waals surface area contributed by atoms with E-state index in [0.29, 0.717) is 12.0 Å². The van der Waals surface area contributed by atoms with Crippen molar-refractivity contribution in [3.05, 3.63) is 72.5 Å². The lowest BCUT2D eigenvalue weighted by Crippen LogP contribution is -2.34. The molecule has 5 atom stereocenters. The number of esters is 1. The fourth-order valence-electron chi connectivity index (χ4n) is 4.01. The van der Waals surface area contributed by atoms with Crippen molar-refractivity contribution in [3.8, 4) is 0 Å². The highest BCUT2D eigenvalue weighted by Gasteiger charge is 2.52. The van der Waals surface area contributed by atoms with Crippen molar-refractivity contribution in [2.24, 2.45) is 5.92 Å². The summed E-state index contributed by atoms with van der Waals surface area (Å²) >= 11 is 0. The topological polar surface area (TPSA) is 154 Å². The largest absolute Gasteiger partial charge is 0.456 e. The monoisotopic (exact) mass is 417 g/mol. The highest BCUT2D eigenvalue weighted by atomic mass is 16.6. The van der Waals surface area contributed by atoms with E-state index in [-0.39, 0.29) is 23.6 Å². The SMILES string of the molecule is Cc1cn([C@@H]2C[C@@H]3[C@H](O2)[C@H](OC(=O)c2ccc([N+](=O)[O-])cc2)C[C@H]3O)c(=O)[nH]c1=O. The zero-order valence-corrected chi connectivity index (χ0v) is 15.9. The molecule has 1 aliphatic heterocycles. The Bertz CT molecular complexity index is 1110. The van der Waals surface area contributed by atoms with Gasteiger partial charge in [-0.25, -0.2) is 9.59 Å². The molecule has 0 unspecified atom stereocenters. The summed E-state index contributed by atoms with van der Waals surface area (Å²) in [5.41, 5.74) is -0.766. The van der Waals surface area contributed by atoms with Gasteiger partial charge in [0.05, 0.1) is 16.6 Å². The van der Waals surface area contributed by atoms with Crippen molar-refractivity contribution >= 4 is 11.7 Å². The molecule has 4 rings (SSSR count). The zero-order chi connectivity index (χ0) is 21.6. The Labute approximate surface area is 169 Å². The third-order valence-electron chi connectivity index (χ3n) is 5.57. The lowest BCUT2D eigenvalue weighted by Gasteiger charge is -2.21. The third kappa shape index (κ3) is 3.53. The number of benzene rings is 1. The van der Waals surface area contributed by atoms with Crippen molar-refractivity contribution in [2.45, 2.75) is 44.3 Å². The molecule has 2 N–H and O–H groups in total. The number of carbonyl (C=O) groups is 1. The maximum atomic E-state index is 12.4. The van der Waals surface area contributed by atoms with Crippen molar-refractivity contribution in [2.75, 3.05) is 0 Å². The summed E-state index contributed by atoms with van der Waals surface area (Å²) in [5, 5.41) is 21.1. The van der Waals surface area contributed by atoms with E-state index >= 15 is 0 Å². The number of hydrogen-bond donors (Lipinski definition) is 2. The molecule has 1 aromatic carbocycles. The minimum atomic E-state index is -0.783. The van der Waals surface area contributed by atoms with Crippen LogP contribution in [0.3, 0.4) is 0 Å². The van der Waals surface area contributed by atoms with Crippen LogP contribution in [0.5, 0.6) is 0 Å². The number of non-ortho nitro benzene ring substituents is 1. The molecule has 1 aliphatic carbocycles. The van der Waals surface area contributed by atoms with Crippen molar-refractivity contribution in [1.82, 2.24) is 9.55 Å². The third-order valence-corrected chi connectivity index (χ3v) is 5.57. The first-order valence-corrected chi connectivity index (χ1v) is 9.35. The van der Waals surface area contributed by atoms with Gasteiger partial charge in [-0.05, 0) is 19.1 Å². The van der Waals surface area contributed by atoms with Gasteiger partial charge in [-0.3, -0.25) is 24.5 Å². The summed E-state index contributed by atoms with van der Waals surface area (Å²) < 4.78 is 12.7. The van der Waals surface area contributed by atoms with Gasteiger partial charge in [0.15, 0.2) is 0 Å². The average Bonchev–Trinajstić information content (AvgIpc) is 3.26. The predicted molar refractivity (Wildman–Crippen MR) is 101 cm³/mol. The highest BCUT2D eigenvalue weighted by molar-refractivity contribution is 5.89. The van der Waals surface area contributed by atoms with E-state index in [2.05, 4.69) is 4.98 Å². The molecule has 11 heteroatoms.